The molecule has 2 N–H and O–H groups in total. The molecule has 1 aromatic heterocycles. The van der Waals surface area contributed by atoms with Crippen molar-refractivity contribution in [3.63, 3.8) is 0 Å². The molecule has 1 aromatic carbocycles. The Morgan fingerprint density at radius 3 is 2.83 bits per heavy atom. The van der Waals surface area contributed by atoms with Crippen LogP contribution in [0.2, 0.25) is 0 Å². The Balaban J connectivity index is 1.23. The fourth-order valence-corrected chi connectivity index (χ4v) is 5.35. The number of rotatable bonds is 7. The SMILES string of the molecule is C=C1CCC(N2Cc3cc(O[C@H]4CCCC[C@H]4NCc4cnn(C(C)C)c4)ccc3C2=O)C(=O)N1. The number of carbonyl (C=O) groups excluding carboxylic acids is 2. The van der Waals surface area contributed by atoms with Crippen molar-refractivity contribution in [3.8, 4) is 5.75 Å². The molecule has 0 spiro atoms. The molecule has 1 saturated heterocycles. The van der Waals surface area contributed by atoms with E-state index in [1.807, 2.05) is 29.1 Å². The topological polar surface area (TPSA) is 88.5 Å². The first-order valence-electron chi connectivity index (χ1n) is 12.7. The lowest BCUT2D eigenvalue weighted by molar-refractivity contribution is -0.126. The first kappa shape index (κ1) is 23.6. The fourth-order valence-electron chi connectivity index (χ4n) is 5.35. The standard InChI is InChI=1S/C27H35N5O3/c1-17(2)32-15-19(14-29-32)13-28-23-6-4-5-7-25(23)35-21-9-10-22-20(12-21)16-31(27(22)34)24-11-8-18(3)30-26(24)33/h9-10,12,14-15,17,23-25,28H,3-8,11,13,16H2,1-2H3,(H,30,33)/t23-,24?,25+/m1/s1. The quantitative estimate of drug-likeness (QED) is 0.635. The van der Waals surface area contributed by atoms with E-state index in [1.54, 1.807) is 4.90 Å². The summed E-state index contributed by atoms with van der Waals surface area (Å²) in [6, 6.07) is 5.88. The van der Waals surface area contributed by atoms with Crippen LogP contribution >= 0.6 is 0 Å². The van der Waals surface area contributed by atoms with Gasteiger partial charge in [0.15, 0.2) is 0 Å². The summed E-state index contributed by atoms with van der Waals surface area (Å²) >= 11 is 0. The van der Waals surface area contributed by atoms with E-state index in [9.17, 15) is 9.59 Å². The molecule has 2 aromatic rings. The molecule has 5 rings (SSSR count). The molecular formula is C27H35N5O3. The number of hydrogen-bond acceptors (Lipinski definition) is 5. The average Bonchev–Trinajstić information content (AvgIpc) is 3.43. The van der Waals surface area contributed by atoms with E-state index in [0.717, 1.165) is 42.8 Å². The van der Waals surface area contributed by atoms with Crippen molar-refractivity contribution in [1.29, 1.82) is 0 Å². The molecule has 1 aliphatic carbocycles. The van der Waals surface area contributed by atoms with Crippen molar-refractivity contribution in [2.45, 2.75) is 89.7 Å². The van der Waals surface area contributed by atoms with Crippen molar-refractivity contribution in [2.75, 3.05) is 0 Å². The summed E-state index contributed by atoms with van der Waals surface area (Å²) in [5.41, 5.74) is 3.48. The molecule has 2 fully saturated rings. The molecule has 186 valence electrons. The average molecular weight is 478 g/mol. The highest BCUT2D eigenvalue weighted by atomic mass is 16.5. The molecule has 3 aliphatic rings. The lowest BCUT2D eigenvalue weighted by atomic mass is 9.92. The Kier molecular flexibility index (Phi) is 6.65. The number of aromatic nitrogens is 2. The van der Waals surface area contributed by atoms with Crippen molar-refractivity contribution < 1.29 is 14.3 Å². The van der Waals surface area contributed by atoms with Crippen LogP contribution in [0.15, 0.2) is 42.9 Å². The molecule has 3 atom stereocenters. The zero-order valence-corrected chi connectivity index (χ0v) is 20.6. The second-order valence-corrected chi connectivity index (χ2v) is 10.2. The highest BCUT2D eigenvalue weighted by molar-refractivity contribution is 6.01. The summed E-state index contributed by atoms with van der Waals surface area (Å²) in [4.78, 5) is 27.1. The van der Waals surface area contributed by atoms with Gasteiger partial charge in [0.25, 0.3) is 5.91 Å². The van der Waals surface area contributed by atoms with E-state index >= 15 is 0 Å². The van der Waals surface area contributed by atoms with E-state index in [0.29, 0.717) is 31.0 Å². The van der Waals surface area contributed by atoms with Crippen LogP contribution in [0, 0.1) is 0 Å². The molecule has 1 unspecified atom stereocenters. The third-order valence-electron chi connectivity index (χ3n) is 7.35. The monoisotopic (exact) mass is 477 g/mol. The number of carbonyl (C=O) groups is 2. The molecule has 8 nitrogen and oxygen atoms in total. The van der Waals surface area contributed by atoms with Gasteiger partial charge in [-0.25, -0.2) is 0 Å². The highest BCUT2D eigenvalue weighted by Crippen LogP contribution is 2.32. The van der Waals surface area contributed by atoms with Gasteiger partial charge in [0.2, 0.25) is 5.91 Å². The Hall–Kier alpha value is -3.13. The first-order valence-corrected chi connectivity index (χ1v) is 12.7. The van der Waals surface area contributed by atoms with Crippen LogP contribution < -0.4 is 15.4 Å². The smallest absolute Gasteiger partial charge is 0.255 e. The van der Waals surface area contributed by atoms with Crippen LogP contribution in [0.3, 0.4) is 0 Å². The number of nitrogens with one attached hydrogen (secondary N) is 2. The highest BCUT2D eigenvalue weighted by Gasteiger charge is 2.38. The van der Waals surface area contributed by atoms with Gasteiger partial charge in [0.05, 0.1) is 6.20 Å². The van der Waals surface area contributed by atoms with Gasteiger partial charge in [-0.3, -0.25) is 14.3 Å². The third kappa shape index (κ3) is 4.98. The Bertz CT molecular complexity index is 1120. The maximum absolute atomic E-state index is 13.0. The van der Waals surface area contributed by atoms with Gasteiger partial charge in [-0.15, -0.1) is 0 Å². The fraction of sp³-hybridized carbons (Fsp3) is 0.519. The number of fused-ring (bicyclic) bond motifs is 1. The van der Waals surface area contributed by atoms with E-state index in [-0.39, 0.29) is 24.0 Å². The number of allylic oxidation sites excluding steroid dienone is 1. The van der Waals surface area contributed by atoms with E-state index < -0.39 is 6.04 Å². The van der Waals surface area contributed by atoms with Gasteiger partial charge in [-0.1, -0.05) is 13.0 Å². The van der Waals surface area contributed by atoms with Crippen LogP contribution in [0.4, 0.5) is 0 Å². The Labute approximate surface area is 206 Å². The second kappa shape index (κ2) is 9.85. The summed E-state index contributed by atoms with van der Waals surface area (Å²) in [6.07, 6.45) is 9.81. The lowest BCUT2D eigenvalue weighted by Crippen LogP contribution is -2.49. The van der Waals surface area contributed by atoms with E-state index in [4.69, 9.17) is 4.74 Å². The van der Waals surface area contributed by atoms with Crippen LogP contribution in [-0.4, -0.2) is 44.7 Å². The van der Waals surface area contributed by atoms with Crippen molar-refractivity contribution >= 4 is 11.8 Å². The van der Waals surface area contributed by atoms with Crippen molar-refractivity contribution in [3.05, 3.63) is 59.6 Å². The lowest BCUT2D eigenvalue weighted by Gasteiger charge is -2.32. The number of benzene rings is 1. The van der Waals surface area contributed by atoms with Gasteiger partial charge < -0.3 is 20.3 Å². The van der Waals surface area contributed by atoms with Crippen LogP contribution in [0.5, 0.6) is 5.75 Å². The Morgan fingerprint density at radius 1 is 1.23 bits per heavy atom. The third-order valence-corrected chi connectivity index (χ3v) is 7.35. The molecule has 35 heavy (non-hydrogen) atoms. The maximum Gasteiger partial charge on any atom is 0.255 e. The molecule has 0 bridgehead atoms. The predicted octanol–water partition coefficient (Wildman–Crippen LogP) is 3.69. The summed E-state index contributed by atoms with van der Waals surface area (Å²) in [5, 5.41) is 10.9. The number of nitrogens with zero attached hydrogens (tertiary/aromatic N) is 3. The summed E-state index contributed by atoms with van der Waals surface area (Å²) in [5.74, 6) is 0.554. The number of hydrogen-bond donors (Lipinski definition) is 2. The maximum atomic E-state index is 13.0. The molecule has 2 aliphatic heterocycles. The minimum Gasteiger partial charge on any atom is -0.489 e. The molecular weight excluding hydrogens is 442 g/mol. The Morgan fingerprint density at radius 2 is 2.06 bits per heavy atom. The van der Waals surface area contributed by atoms with Gasteiger partial charge >= 0.3 is 0 Å². The van der Waals surface area contributed by atoms with E-state index in [1.165, 1.54) is 12.0 Å². The summed E-state index contributed by atoms with van der Waals surface area (Å²) in [6.45, 7) is 9.28. The van der Waals surface area contributed by atoms with Crippen LogP contribution in [-0.2, 0) is 17.9 Å². The van der Waals surface area contributed by atoms with Crippen LogP contribution in [0.1, 0.15) is 79.9 Å². The van der Waals surface area contributed by atoms with Gasteiger partial charge in [-0.05, 0) is 69.7 Å². The minimum atomic E-state index is -0.447. The van der Waals surface area contributed by atoms with Crippen LogP contribution in [0.25, 0.3) is 0 Å². The van der Waals surface area contributed by atoms with Gasteiger partial charge in [-0.2, -0.15) is 5.10 Å². The summed E-state index contributed by atoms with van der Waals surface area (Å²) in [7, 11) is 0. The largest absolute Gasteiger partial charge is 0.489 e. The normalized spacial score (nSPS) is 24.6. The number of amides is 2. The predicted molar refractivity (Wildman–Crippen MR) is 133 cm³/mol. The van der Waals surface area contributed by atoms with E-state index in [2.05, 4.69) is 42.4 Å². The molecule has 2 amide bonds. The zero-order chi connectivity index (χ0) is 24.5. The van der Waals surface area contributed by atoms with Crippen molar-refractivity contribution in [1.82, 2.24) is 25.3 Å². The second-order valence-electron chi connectivity index (χ2n) is 10.2. The summed E-state index contributed by atoms with van der Waals surface area (Å²) < 4.78 is 8.45. The van der Waals surface area contributed by atoms with Gasteiger partial charge in [0.1, 0.15) is 17.9 Å². The van der Waals surface area contributed by atoms with Crippen molar-refractivity contribution in [2.24, 2.45) is 0 Å². The number of piperidine rings is 1. The molecule has 0 radical (unpaired) electrons. The molecule has 3 heterocycles. The van der Waals surface area contributed by atoms with Gasteiger partial charge in [0, 0.05) is 48.2 Å². The zero-order valence-electron chi connectivity index (χ0n) is 20.6. The molecule has 8 heteroatoms. The first-order chi connectivity index (χ1) is 16.9. The number of ether oxygens (including phenoxy) is 1. The minimum absolute atomic E-state index is 0.0743. The molecule has 1 saturated carbocycles.